The number of hydrogen-bond acceptors (Lipinski definition) is 1. The third kappa shape index (κ3) is 4.15. The molecule has 0 heterocycles. The number of hydrogen-bond donors (Lipinski definition) is 1. The molecule has 100 valence electrons. The first kappa shape index (κ1) is 14.2. The van der Waals surface area contributed by atoms with Gasteiger partial charge in [-0.25, -0.2) is 0 Å². The first-order chi connectivity index (χ1) is 8.70. The average Bonchev–Trinajstić information content (AvgIpc) is 3.17. The van der Waals surface area contributed by atoms with Crippen molar-refractivity contribution in [1.82, 2.24) is 5.32 Å². The highest BCUT2D eigenvalue weighted by Crippen LogP contribution is 2.37. The molecule has 1 N–H and O–H groups in total. The highest BCUT2D eigenvalue weighted by molar-refractivity contribution is 6.33. The van der Waals surface area contributed by atoms with Gasteiger partial charge in [0.1, 0.15) is 0 Å². The molecule has 18 heavy (non-hydrogen) atoms. The van der Waals surface area contributed by atoms with Gasteiger partial charge in [-0.2, -0.15) is 0 Å². The van der Waals surface area contributed by atoms with Crippen LogP contribution in [0.1, 0.15) is 50.6 Å². The molecule has 3 heteroatoms. The van der Waals surface area contributed by atoms with E-state index in [0.717, 1.165) is 40.9 Å². The van der Waals surface area contributed by atoms with Crippen molar-refractivity contribution in [2.75, 3.05) is 6.54 Å². The third-order valence-corrected chi connectivity index (χ3v) is 4.11. The summed E-state index contributed by atoms with van der Waals surface area (Å²) in [6, 6.07) is 6.10. The molecule has 0 bridgehead atoms. The van der Waals surface area contributed by atoms with Crippen molar-refractivity contribution in [3.05, 3.63) is 33.8 Å². The maximum atomic E-state index is 6.30. The fraction of sp³-hybridized carbons (Fsp3) is 0.600. The summed E-state index contributed by atoms with van der Waals surface area (Å²) in [7, 11) is 0. The molecule has 0 amide bonds. The molecule has 1 fully saturated rings. The molecule has 1 atom stereocenters. The highest BCUT2D eigenvalue weighted by Gasteiger charge is 2.23. The molecule has 2 rings (SSSR count). The van der Waals surface area contributed by atoms with E-state index >= 15 is 0 Å². The molecular formula is C15H21Cl2N. The van der Waals surface area contributed by atoms with E-state index in [1.165, 1.54) is 19.3 Å². The molecule has 1 aromatic carbocycles. The van der Waals surface area contributed by atoms with E-state index in [2.05, 4.69) is 12.2 Å². The molecule has 0 saturated heterocycles. The van der Waals surface area contributed by atoms with Crippen molar-refractivity contribution in [3.8, 4) is 0 Å². The smallest absolute Gasteiger partial charge is 0.0454 e. The second-order valence-electron chi connectivity index (χ2n) is 5.19. The lowest BCUT2D eigenvalue weighted by atomic mass is 10.00. The summed E-state index contributed by atoms with van der Waals surface area (Å²) >= 11 is 12.4. The number of benzene rings is 1. The first-order valence-corrected chi connectivity index (χ1v) is 7.64. The van der Waals surface area contributed by atoms with Crippen molar-refractivity contribution in [1.29, 1.82) is 0 Å². The quantitative estimate of drug-likeness (QED) is 0.724. The van der Waals surface area contributed by atoms with Crippen LogP contribution in [0.25, 0.3) is 0 Å². The van der Waals surface area contributed by atoms with Crippen molar-refractivity contribution in [2.24, 2.45) is 5.92 Å². The van der Waals surface area contributed by atoms with Gasteiger partial charge < -0.3 is 5.32 Å². The Balaban J connectivity index is 2.06. The van der Waals surface area contributed by atoms with E-state index in [9.17, 15) is 0 Å². The number of rotatable bonds is 7. The van der Waals surface area contributed by atoms with Crippen LogP contribution < -0.4 is 5.32 Å². The van der Waals surface area contributed by atoms with E-state index in [1.54, 1.807) is 0 Å². The van der Waals surface area contributed by atoms with Gasteiger partial charge in [0.05, 0.1) is 0 Å². The van der Waals surface area contributed by atoms with Crippen molar-refractivity contribution in [3.63, 3.8) is 0 Å². The Kier molecular flexibility index (Phi) is 5.35. The van der Waals surface area contributed by atoms with Gasteiger partial charge in [-0.1, -0.05) is 43.0 Å². The van der Waals surface area contributed by atoms with Gasteiger partial charge in [-0.3, -0.25) is 0 Å². The minimum atomic E-state index is 0.344. The zero-order chi connectivity index (χ0) is 13.0. The maximum Gasteiger partial charge on any atom is 0.0454 e. The van der Waals surface area contributed by atoms with Crippen molar-refractivity contribution >= 4 is 23.2 Å². The summed E-state index contributed by atoms with van der Waals surface area (Å²) in [4.78, 5) is 0. The Morgan fingerprint density at radius 1 is 1.33 bits per heavy atom. The summed E-state index contributed by atoms with van der Waals surface area (Å²) in [5.41, 5.74) is 1.15. The van der Waals surface area contributed by atoms with Crippen LogP contribution in [0.5, 0.6) is 0 Å². The zero-order valence-corrected chi connectivity index (χ0v) is 12.4. The fourth-order valence-electron chi connectivity index (χ4n) is 2.28. The Bertz CT molecular complexity index is 388. The van der Waals surface area contributed by atoms with E-state index in [4.69, 9.17) is 23.2 Å². The molecule has 1 saturated carbocycles. The molecule has 1 nitrogen and oxygen atoms in total. The molecule has 0 aromatic heterocycles. The Morgan fingerprint density at radius 3 is 2.78 bits per heavy atom. The van der Waals surface area contributed by atoms with Gasteiger partial charge in [0.25, 0.3) is 0 Å². The van der Waals surface area contributed by atoms with Crippen LogP contribution in [-0.4, -0.2) is 6.54 Å². The average molecular weight is 286 g/mol. The van der Waals surface area contributed by atoms with Crippen LogP contribution in [0.3, 0.4) is 0 Å². The third-order valence-electron chi connectivity index (χ3n) is 3.53. The predicted octanol–water partition coefficient (Wildman–Crippen LogP) is 5.22. The van der Waals surface area contributed by atoms with Crippen LogP contribution in [0.2, 0.25) is 10.0 Å². The minimum absolute atomic E-state index is 0.344. The first-order valence-electron chi connectivity index (χ1n) is 6.89. The summed E-state index contributed by atoms with van der Waals surface area (Å²) < 4.78 is 0. The lowest BCUT2D eigenvalue weighted by Crippen LogP contribution is -2.22. The Hall–Kier alpha value is -0.240. The molecular weight excluding hydrogens is 265 g/mol. The molecule has 0 aliphatic heterocycles. The Labute approximate surface area is 120 Å². The minimum Gasteiger partial charge on any atom is -0.310 e. The molecule has 1 aliphatic carbocycles. The van der Waals surface area contributed by atoms with Crippen LogP contribution in [0, 0.1) is 5.92 Å². The monoisotopic (exact) mass is 285 g/mol. The lowest BCUT2D eigenvalue weighted by Gasteiger charge is -2.20. The SMILES string of the molecule is CCCNC(CCC1CC1)c1cc(Cl)ccc1Cl. The second-order valence-corrected chi connectivity index (χ2v) is 6.04. The van der Waals surface area contributed by atoms with Gasteiger partial charge in [-0.05, 0) is 55.5 Å². The summed E-state index contributed by atoms with van der Waals surface area (Å²) in [6.45, 7) is 3.21. The molecule has 1 aliphatic rings. The largest absolute Gasteiger partial charge is 0.310 e. The van der Waals surface area contributed by atoms with Crippen LogP contribution in [0.15, 0.2) is 18.2 Å². The van der Waals surface area contributed by atoms with Gasteiger partial charge >= 0.3 is 0 Å². The second kappa shape index (κ2) is 6.79. The summed E-state index contributed by atoms with van der Waals surface area (Å²) in [6.07, 6.45) is 6.40. The predicted molar refractivity (Wildman–Crippen MR) is 79.5 cm³/mol. The van der Waals surface area contributed by atoms with Crippen molar-refractivity contribution < 1.29 is 0 Å². The van der Waals surface area contributed by atoms with E-state index in [-0.39, 0.29) is 0 Å². The van der Waals surface area contributed by atoms with E-state index in [1.807, 2.05) is 18.2 Å². The molecule has 0 radical (unpaired) electrons. The van der Waals surface area contributed by atoms with Crippen molar-refractivity contribution in [2.45, 2.75) is 45.1 Å². The van der Waals surface area contributed by atoms with Gasteiger partial charge in [-0.15, -0.1) is 0 Å². The lowest BCUT2D eigenvalue weighted by molar-refractivity contribution is 0.470. The summed E-state index contributed by atoms with van der Waals surface area (Å²) in [5.74, 6) is 0.953. The Morgan fingerprint density at radius 2 is 2.11 bits per heavy atom. The molecule has 0 spiro atoms. The summed E-state index contributed by atoms with van der Waals surface area (Å²) in [5, 5.41) is 5.18. The van der Waals surface area contributed by atoms with Gasteiger partial charge in [0.15, 0.2) is 0 Å². The number of halogens is 2. The van der Waals surface area contributed by atoms with Crippen LogP contribution >= 0.6 is 23.2 Å². The van der Waals surface area contributed by atoms with Crippen LogP contribution in [-0.2, 0) is 0 Å². The topological polar surface area (TPSA) is 12.0 Å². The van der Waals surface area contributed by atoms with Gasteiger partial charge in [0.2, 0.25) is 0 Å². The fourth-order valence-corrected chi connectivity index (χ4v) is 2.71. The number of nitrogens with one attached hydrogen (secondary N) is 1. The standard InChI is InChI=1S/C15H21Cl2N/c1-2-9-18-15(8-5-11-3-4-11)13-10-12(16)6-7-14(13)17/h6-7,10-11,15,18H,2-5,8-9H2,1H3. The van der Waals surface area contributed by atoms with Gasteiger partial charge in [0, 0.05) is 16.1 Å². The molecule has 1 unspecified atom stereocenters. The highest BCUT2D eigenvalue weighted by atomic mass is 35.5. The van der Waals surface area contributed by atoms with E-state index in [0.29, 0.717) is 6.04 Å². The normalized spacial score (nSPS) is 16.8. The van der Waals surface area contributed by atoms with Crippen LogP contribution in [0.4, 0.5) is 0 Å². The van der Waals surface area contributed by atoms with E-state index < -0.39 is 0 Å². The maximum absolute atomic E-state index is 6.30. The zero-order valence-electron chi connectivity index (χ0n) is 10.9. The molecule has 1 aromatic rings.